The van der Waals surface area contributed by atoms with Crippen molar-refractivity contribution in [2.45, 2.75) is 59.3 Å². The fraction of sp³-hybridized carbons (Fsp3) is 0.812. The van der Waals surface area contributed by atoms with Crippen LogP contribution in [0.1, 0.15) is 54.6 Å². The molecule has 1 atom stereocenters. The summed E-state index contributed by atoms with van der Waals surface area (Å²) < 4.78 is 0. The van der Waals surface area contributed by atoms with E-state index in [1.807, 2.05) is 11.3 Å². The molecule has 1 aliphatic rings. The van der Waals surface area contributed by atoms with E-state index in [0.717, 1.165) is 18.4 Å². The first kappa shape index (κ1) is 15.0. The maximum atomic E-state index is 4.74. The van der Waals surface area contributed by atoms with Gasteiger partial charge in [0.2, 0.25) is 0 Å². The largest absolute Gasteiger partial charge is 0.316 e. The first-order valence-electron chi connectivity index (χ1n) is 7.84. The Balaban J connectivity index is 1.95. The third-order valence-corrected chi connectivity index (χ3v) is 5.50. The fourth-order valence-electron chi connectivity index (χ4n) is 3.15. The fourth-order valence-corrected chi connectivity index (χ4v) is 4.18. The molecule has 2 nitrogen and oxygen atoms in total. The van der Waals surface area contributed by atoms with E-state index in [9.17, 15) is 0 Å². The second-order valence-electron chi connectivity index (χ2n) is 5.96. The van der Waals surface area contributed by atoms with Crippen LogP contribution >= 0.6 is 11.3 Å². The van der Waals surface area contributed by atoms with Gasteiger partial charge in [-0.25, -0.2) is 4.98 Å². The monoisotopic (exact) mass is 280 g/mol. The van der Waals surface area contributed by atoms with Gasteiger partial charge >= 0.3 is 0 Å². The molecule has 19 heavy (non-hydrogen) atoms. The number of nitrogens with zero attached hydrogens (tertiary/aromatic N) is 1. The minimum atomic E-state index is 0.791. The van der Waals surface area contributed by atoms with Crippen LogP contribution < -0.4 is 5.32 Å². The third kappa shape index (κ3) is 4.28. The van der Waals surface area contributed by atoms with E-state index in [2.05, 4.69) is 26.1 Å². The van der Waals surface area contributed by atoms with Crippen molar-refractivity contribution < 1.29 is 0 Å². The van der Waals surface area contributed by atoms with Crippen LogP contribution in [0.25, 0.3) is 0 Å². The Hall–Kier alpha value is -0.410. The summed E-state index contributed by atoms with van der Waals surface area (Å²) in [7, 11) is 0. The molecule has 2 rings (SSSR count). The Bertz CT molecular complexity index is 361. The molecular formula is C16H28N2S. The highest BCUT2D eigenvalue weighted by Crippen LogP contribution is 2.33. The smallest absolute Gasteiger partial charge is 0.0934 e. The van der Waals surface area contributed by atoms with E-state index in [1.54, 1.807) is 0 Å². The van der Waals surface area contributed by atoms with Crippen molar-refractivity contribution in [3.05, 3.63) is 15.6 Å². The van der Waals surface area contributed by atoms with E-state index < -0.39 is 0 Å². The van der Waals surface area contributed by atoms with Crippen molar-refractivity contribution in [1.82, 2.24) is 10.3 Å². The summed E-state index contributed by atoms with van der Waals surface area (Å²) in [5, 5.41) is 4.98. The number of nitrogens with one attached hydrogen (secondary N) is 1. The van der Waals surface area contributed by atoms with Gasteiger partial charge in [-0.1, -0.05) is 32.6 Å². The van der Waals surface area contributed by atoms with Gasteiger partial charge in [-0.05, 0) is 45.2 Å². The predicted molar refractivity (Wildman–Crippen MR) is 83.9 cm³/mol. The predicted octanol–water partition coefficient (Wildman–Crippen LogP) is 4.11. The average molecular weight is 280 g/mol. The molecule has 0 spiro atoms. The van der Waals surface area contributed by atoms with Gasteiger partial charge < -0.3 is 5.32 Å². The van der Waals surface area contributed by atoms with Gasteiger partial charge in [0, 0.05) is 11.3 Å². The summed E-state index contributed by atoms with van der Waals surface area (Å²) >= 11 is 1.90. The Morgan fingerprint density at radius 3 is 2.63 bits per heavy atom. The lowest BCUT2D eigenvalue weighted by Crippen LogP contribution is -2.29. The minimum absolute atomic E-state index is 0.791. The van der Waals surface area contributed by atoms with E-state index in [1.165, 1.54) is 60.6 Å². The lowest BCUT2D eigenvalue weighted by atomic mass is 9.88. The van der Waals surface area contributed by atoms with Crippen LogP contribution in [0, 0.1) is 25.7 Å². The van der Waals surface area contributed by atoms with Crippen molar-refractivity contribution in [3.63, 3.8) is 0 Å². The van der Waals surface area contributed by atoms with Crippen LogP contribution in [0.15, 0.2) is 0 Å². The first-order valence-corrected chi connectivity index (χ1v) is 8.66. The lowest BCUT2D eigenvalue weighted by Gasteiger charge is -2.23. The molecule has 1 N–H and O–H groups in total. The molecule has 0 saturated heterocycles. The van der Waals surface area contributed by atoms with Gasteiger partial charge in [0.15, 0.2) is 0 Å². The molecule has 0 amide bonds. The molecule has 0 aliphatic heterocycles. The van der Waals surface area contributed by atoms with Gasteiger partial charge in [0.05, 0.1) is 10.7 Å². The Labute approximate surface area is 122 Å². The molecule has 1 aromatic rings. The minimum Gasteiger partial charge on any atom is -0.316 e. The molecule has 108 valence electrons. The highest BCUT2D eigenvalue weighted by Gasteiger charge is 2.25. The lowest BCUT2D eigenvalue weighted by molar-refractivity contribution is 0.321. The number of rotatable bonds is 7. The molecule has 1 fully saturated rings. The van der Waals surface area contributed by atoms with Crippen LogP contribution in [-0.4, -0.2) is 18.1 Å². The van der Waals surface area contributed by atoms with E-state index in [4.69, 9.17) is 4.98 Å². The third-order valence-electron chi connectivity index (χ3n) is 4.41. The van der Waals surface area contributed by atoms with Gasteiger partial charge in [0.1, 0.15) is 0 Å². The topological polar surface area (TPSA) is 24.9 Å². The molecule has 1 heterocycles. The first-order chi connectivity index (χ1) is 9.20. The van der Waals surface area contributed by atoms with Crippen molar-refractivity contribution >= 4 is 11.3 Å². The molecule has 1 saturated carbocycles. The molecular weight excluding hydrogens is 252 g/mol. The van der Waals surface area contributed by atoms with Crippen LogP contribution in [0.4, 0.5) is 0 Å². The zero-order valence-electron chi connectivity index (χ0n) is 12.7. The highest BCUT2D eigenvalue weighted by molar-refractivity contribution is 7.11. The van der Waals surface area contributed by atoms with Crippen LogP contribution in [0.2, 0.25) is 0 Å². The Kier molecular flexibility index (Phi) is 5.83. The molecule has 0 aromatic carbocycles. The maximum Gasteiger partial charge on any atom is 0.0934 e. The standard InChI is InChI=1S/C16H28N2S/c1-4-9-17-11-15(14-7-5-6-8-14)10-16-18-12(2)13(3)19-16/h14-15,17H,4-11H2,1-3H3. The van der Waals surface area contributed by atoms with E-state index in [-0.39, 0.29) is 0 Å². The van der Waals surface area contributed by atoms with Crippen molar-refractivity contribution in [2.24, 2.45) is 11.8 Å². The zero-order chi connectivity index (χ0) is 13.7. The van der Waals surface area contributed by atoms with Gasteiger partial charge in [0.25, 0.3) is 0 Å². The summed E-state index contributed by atoms with van der Waals surface area (Å²) in [5.41, 5.74) is 1.23. The highest BCUT2D eigenvalue weighted by atomic mass is 32.1. The van der Waals surface area contributed by atoms with E-state index in [0.29, 0.717) is 0 Å². The molecule has 1 aromatic heterocycles. The summed E-state index contributed by atoms with van der Waals surface area (Å²) in [6, 6.07) is 0. The molecule has 3 heteroatoms. The van der Waals surface area contributed by atoms with Gasteiger partial charge in [-0.15, -0.1) is 11.3 Å². The maximum absolute atomic E-state index is 4.74. The summed E-state index contributed by atoms with van der Waals surface area (Å²) in [6.45, 7) is 8.89. The summed E-state index contributed by atoms with van der Waals surface area (Å²) in [6.07, 6.45) is 8.15. The van der Waals surface area contributed by atoms with Crippen molar-refractivity contribution in [3.8, 4) is 0 Å². The Morgan fingerprint density at radius 1 is 1.32 bits per heavy atom. The van der Waals surface area contributed by atoms with Crippen LogP contribution in [0.3, 0.4) is 0 Å². The average Bonchev–Trinajstić information content (AvgIpc) is 3.00. The number of thiazole rings is 1. The summed E-state index contributed by atoms with van der Waals surface area (Å²) in [4.78, 5) is 6.13. The van der Waals surface area contributed by atoms with Crippen LogP contribution in [-0.2, 0) is 6.42 Å². The number of hydrogen-bond acceptors (Lipinski definition) is 3. The van der Waals surface area contributed by atoms with Crippen molar-refractivity contribution in [1.29, 1.82) is 0 Å². The number of aryl methyl sites for hydroxylation is 2. The van der Waals surface area contributed by atoms with Crippen molar-refractivity contribution in [2.75, 3.05) is 13.1 Å². The summed E-state index contributed by atoms with van der Waals surface area (Å²) in [5.74, 6) is 1.72. The zero-order valence-corrected chi connectivity index (χ0v) is 13.5. The quantitative estimate of drug-likeness (QED) is 0.760. The number of aromatic nitrogens is 1. The van der Waals surface area contributed by atoms with Crippen LogP contribution in [0.5, 0.6) is 0 Å². The second-order valence-corrected chi connectivity index (χ2v) is 7.25. The van der Waals surface area contributed by atoms with E-state index >= 15 is 0 Å². The van der Waals surface area contributed by atoms with Gasteiger partial charge in [-0.3, -0.25) is 0 Å². The molecule has 1 aliphatic carbocycles. The molecule has 0 radical (unpaired) electrons. The Morgan fingerprint density at radius 2 is 2.05 bits per heavy atom. The second kappa shape index (κ2) is 7.39. The van der Waals surface area contributed by atoms with Gasteiger partial charge in [-0.2, -0.15) is 0 Å². The normalized spacial score (nSPS) is 18.1. The molecule has 0 bridgehead atoms. The molecule has 1 unspecified atom stereocenters. The number of hydrogen-bond donors (Lipinski definition) is 1. The SMILES string of the molecule is CCCNCC(Cc1nc(C)c(C)s1)C1CCCC1.